The number of carbonyl (C=O) groups is 2. The number of aryl methyl sites for hydroxylation is 2. The predicted octanol–water partition coefficient (Wildman–Crippen LogP) is 4.51. The number of nitrogens with zero attached hydrogens (tertiary/aromatic N) is 1. The minimum atomic E-state index is -1.20. The van der Waals surface area contributed by atoms with Gasteiger partial charge < -0.3 is 15.5 Å². The summed E-state index contributed by atoms with van der Waals surface area (Å²) in [6, 6.07) is 13.6. The van der Waals surface area contributed by atoms with E-state index in [1.807, 2.05) is 56.3 Å². The molecule has 148 valence electrons. The van der Waals surface area contributed by atoms with E-state index in [4.69, 9.17) is 0 Å². The third-order valence-electron chi connectivity index (χ3n) is 5.36. The van der Waals surface area contributed by atoms with E-state index >= 15 is 0 Å². The number of nitrogens with one attached hydrogen (secondary N) is 2. The van der Waals surface area contributed by atoms with Crippen molar-refractivity contribution in [1.29, 1.82) is 0 Å². The Hall–Kier alpha value is -2.82. The second-order valence-electron chi connectivity index (χ2n) is 8.09. The fourth-order valence-corrected chi connectivity index (χ4v) is 3.35. The Balaban J connectivity index is 1.65. The zero-order valence-electron chi connectivity index (χ0n) is 17.1. The zero-order valence-corrected chi connectivity index (χ0v) is 17.1. The van der Waals surface area contributed by atoms with Gasteiger partial charge in [-0.3, -0.25) is 9.59 Å². The van der Waals surface area contributed by atoms with E-state index in [0.29, 0.717) is 5.69 Å². The van der Waals surface area contributed by atoms with Crippen molar-refractivity contribution in [2.75, 3.05) is 28.6 Å². The van der Waals surface area contributed by atoms with Crippen LogP contribution in [0.4, 0.5) is 17.1 Å². The van der Waals surface area contributed by atoms with Crippen molar-refractivity contribution in [1.82, 2.24) is 0 Å². The highest BCUT2D eigenvalue weighted by atomic mass is 16.2. The molecule has 28 heavy (non-hydrogen) atoms. The molecule has 1 aliphatic heterocycles. The van der Waals surface area contributed by atoms with Crippen LogP contribution in [0.25, 0.3) is 0 Å². The molecule has 0 aliphatic carbocycles. The number of anilines is 3. The Morgan fingerprint density at radius 1 is 0.893 bits per heavy atom. The van der Waals surface area contributed by atoms with E-state index in [1.165, 1.54) is 18.5 Å². The largest absolute Gasteiger partial charge is 0.372 e. The Morgan fingerprint density at radius 3 is 2.11 bits per heavy atom. The van der Waals surface area contributed by atoms with Gasteiger partial charge in [0.25, 0.3) is 0 Å². The van der Waals surface area contributed by atoms with Gasteiger partial charge >= 0.3 is 0 Å². The molecule has 2 N–H and O–H groups in total. The van der Waals surface area contributed by atoms with Crippen LogP contribution in [0.3, 0.4) is 0 Å². The van der Waals surface area contributed by atoms with Crippen molar-refractivity contribution >= 4 is 28.9 Å². The molecule has 1 heterocycles. The number of carbonyl (C=O) groups excluding carboxylic acids is 2. The second-order valence-corrected chi connectivity index (χ2v) is 8.09. The molecular weight excluding hydrogens is 350 g/mol. The van der Waals surface area contributed by atoms with Gasteiger partial charge in [0.1, 0.15) is 5.41 Å². The highest BCUT2D eigenvalue weighted by Gasteiger charge is 2.36. The van der Waals surface area contributed by atoms with Gasteiger partial charge in [0.2, 0.25) is 11.8 Å². The van der Waals surface area contributed by atoms with Crippen LogP contribution in [0.15, 0.2) is 42.5 Å². The van der Waals surface area contributed by atoms with Crippen LogP contribution in [0.2, 0.25) is 0 Å². The minimum absolute atomic E-state index is 0.328. The molecule has 0 atom stereocenters. The lowest BCUT2D eigenvalue weighted by atomic mass is 9.90. The van der Waals surface area contributed by atoms with Gasteiger partial charge in [-0.05, 0) is 76.4 Å². The molecule has 5 nitrogen and oxygen atoms in total. The van der Waals surface area contributed by atoms with Crippen LogP contribution in [0.1, 0.15) is 37.8 Å². The van der Waals surface area contributed by atoms with E-state index in [9.17, 15) is 9.59 Å². The molecule has 2 aromatic rings. The number of hydrogen-bond donors (Lipinski definition) is 2. The quantitative estimate of drug-likeness (QED) is 0.752. The third kappa shape index (κ3) is 4.35. The molecule has 0 radical (unpaired) electrons. The normalized spacial score (nSPS) is 14.1. The number of hydrogen-bond acceptors (Lipinski definition) is 3. The highest BCUT2D eigenvalue weighted by molar-refractivity contribution is 6.14. The zero-order chi connectivity index (χ0) is 20.3. The maximum absolute atomic E-state index is 12.8. The lowest BCUT2D eigenvalue weighted by molar-refractivity contribution is -0.135. The summed E-state index contributed by atoms with van der Waals surface area (Å²) in [6.07, 6.45) is 2.45. The van der Waals surface area contributed by atoms with Crippen molar-refractivity contribution in [3.05, 3.63) is 53.6 Å². The Labute approximate surface area is 167 Å². The minimum Gasteiger partial charge on any atom is -0.372 e. The fraction of sp³-hybridized carbons (Fsp3) is 0.391. The summed E-state index contributed by atoms with van der Waals surface area (Å²) in [5.41, 5.74) is 3.49. The first-order valence-electron chi connectivity index (χ1n) is 9.82. The number of benzene rings is 2. The van der Waals surface area contributed by atoms with Gasteiger partial charge in [-0.1, -0.05) is 17.7 Å². The van der Waals surface area contributed by atoms with E-state index in [0.717, 1.165) is 29.9 Å². The van der Waals surface area contributed by atoms with Crippen molar-refractivity contribution in [2.45, 2.75) is 40.5 Å². The van der Waals surface area contributed by atoms with Gasteiger partial charge in [0, 0.05) is 30.2 Å². The van der Waals surface area contributed by atoms with E-state index < -0.39 is 5.41 Å². The van der Waals surface area contributed by atoms with Crippen molar-refractivity contribution in [3.63, 3.8) is 0 Å². The van der Waals surface area contributed by atoms with Crippen LogP contribution in [0.5, 0.6) is 0 Å². The Kier molecular flexibility index (Phi) is 5.73. The van der Waals surface area contributed by atoms with Crippen LogP contribution >= 0.6 is 0 Å². The SMILES string of the molecule is Cc1ccc(NC(=O)C(C)(C)C(=O)Nc2ccc(N3CCCC3)cc2)c(C)c1. The monoisotopic (exact) mass is 379 g/mol. The van der Waals surface area contributed by atoms with Gasteiger partial charge in [-0.15, -0.1) is 0 Å². The van der Waals surface area contributed by atoms with Crippen LogP contribution in [-0.4, -0.2) is 24.9 Å². The molecule has 1 aliphatic rings. The molecule has 0 bridgehead atoms. The number of amides is 2. The van der Waals surface area contributed by atoms with Gasteiger partial charge in [-0.2, -0.15) is 0 Å². The lowest BCUT2D eigenvalue weighted by Gasteiger charge is -2.24. The molecule has 2 aromatic carbocycles. The summed E-state index contributed by atoms with van der Waals surface area (Å²) in [7, 11) is 0. The summed E-state index contributed by atoms with van der Waals surface area (Å²) in [4.78, 5) is 27.9. The van der Waals surface area contributed by atoms with Gasteiger partial charge in [0.15, 0.2) is 0 Å². The van der Waals surface area contributed by atoms with Gasteiger partial charge in [-0.25, -0.2) is 0 Å². The standard InChI is InChI=1S/C23H29N3O2/c1-16-7-12-20(17(2)15-16)25-22(28)23(3,4)21(27)24-18-8-10-19(11-9-18)26-13-5-6-14-26/h7-12,15H,5-6,13-14H2,1-4H3,(H,24,27)(H,25,28). The molecule has 2 amide bonds. The molecule has 0 unspecified atom stereocenters. The second kappa shape index (κ2) is 8.05. The Bertz CT molecular complexity index is 866. The summed E-state index contributed by atoms with van der Waals surface area (Å²) < 4.78 is 0. The van der Waals surface area contributed by atoms with Crippen molar-refractivity contribution in [2.24, 2.45) is 5.41 Å². The van der Waals surface area contributed by atoms with E-state index in [2.05, 4.69) is 15.5 Å². The average Bonchev–Trinajstić information content (AvgIpc) is 3.19. The highest BCUT2D eigenvalue weighted by Crippen LogP contribution is 2.25. The van der Waals surface area contributed by atoms with E-state index in [-0.39, 0.29) is 11.8 Å². The first kappa shape index (κ1) is 19.9. The van der Waals surface area contributed by atoms with Crippen LogP contribution in [-0.2, 0) is 9.59 Å². The lowest BCUT2D eigenvalue weighted by Crippen LogP contribution is -2.41. The molecule has 0 saturated carbocycles. The van der Waals surface area contributed by atoms with Gasteiger partial charge in [0.05, 0.1) is 0 Å². The number of rotatable bonds is 5. The molecule has 1 saturated heterocycles. The summed E-state index contributed by atoms with van der Waals surface area (Å²) in [5, 5.41) is 5.76. The first-order valence-corrected chi connectivity index (χ1v) is 9.82. The molecule has 1 fully saturated rings. The predicted molar refractivity (Wildman–Crippen MR) is 115 cm³/mol. The topological polar surface area (TPSA) is 61.4 Å². The first-order chi connectivity index (χ1) is 13.3. The summed E-state index contributed by atoms with van der Waals surface area (Å²) >= 11 is 0. The maximum Gasteiger partial charge on any atom is 0.239 e. The molecule has 0 aromatic heterocycles. The van der Waals surface area contributed by atoms with Crippen molar-refractivity contribution in [3.8, 4) is 0 Å². The molecule has 0 spiro atoms. The average molecular weight is 380 g/mol. The van der Waals surface area contributed by atoms with Crippen LogP contribution in [0, 0.1) is 19.3 Å². The fourth-order valence-electron chi connectivity index (χ4n) is 3.35. The Morgan fingerprint density at radius 2 is 1.50 bits per heavy atom. The summed E-state index contributed by atoms with van der Waals surface area (Å²) in [5.74, 6) is -0.658. The molecule has 5 heteroatoms. The third-order valence-corrected chi connectivity index (χ3v) is 5.36. The molecular formula is C23H29N3O2. The summed E-state index contributed by atoms with van der Waals surface area (Å²) in [6.45, 7) is 9.39. The van der Waals surface area contributed by atoms with Crippen LogP contribution < -0.4 is 15.5 Å². The smallest absolute Gasteiger partial charge is 0.239 e. The molecule has 3 rings (SSSR count). The maximum atomic E-state index is 12.8. The van der Waals surface area contributed by atoms with Crippen molar-refractivity contribution < 1.29 is 9.59 Å². The van der Waals surface area contributed by atoms with E-state index in [1.54, 1.807) is 13.8 Å².